The Morgan fingerprint density at radius 3 is 2.72 bits per heavy atom. The number of nitrogens with two attached hydrogens (primary N) is 1. The molecule has 14 heteroatoms. The van der Waals surface area contributed by atoms with Crippen LogP contribution in [0.3, 0.4) is 0 Å². The fourth-order valence-electron chi connectivity index (χ4n) is 4.99. The van der Waals surface area contributed by atoms with Crippen molar-refractivity contribution in [1.82, 2.24) is 14.9 Å². The van der Waals surface area contributed by atoms with Gasteiger partial charge in [0.25, 0.3) is 5.91 Å². The standard InChI is InChI=1S/C29H26FN7O5S/c1-15(31)33-13-34-29-26(28(38)32-2)18-10-17(22(12-25(18)42-29)36(3)43(4,39)40)20-8-9-24-27(35-20)23-11-16-19(30)6-5-7-21(16)37(23)14-41-24/h5-13H,14H2,1-4H3,(H,32,38)(H2,31,33,34). The molecule has 220 valence electrons. The lowest BCUT2D eigenvalue weighted by atomic mass is 10.0. The van der Waals surface area contributed by atoms with E-state index in [9.17, 15) is 17.6 Å². The lowest BCUT2D eigenvalue weighted by molar-refractivity contribution is 0.0964. The number of ether oxygens (including phenoxy) is 1. The second-order valence-corrected chi connectivity index (χ2v) is 11.9. The Bertz CT molecular complexity index is 2130. The third kappa shape index (κ3) is 4.74. The molecule has 0 aliphatic carbocycles. The number of hydrogen-bond donors (Lipinski definition) is 2. The monoisotopic (exact) mass is 603 g/mol. The smallest absolute Gasteiger partial charge is 0.257 e. The number of aliphatic imine (C=N–C) groups is 2. The number of rotatable bonds is 6. The summed E-state index contributed by atoms with van der Waals surface area (Å²) < 4.78 is 54.8. The van der Waals surface area contributed by atoms with Crippen LogP contribution in [0.1, 0.15) is 17.3 Å². The Labute approximate surface area is 245 Å². The first-order chi connectivity index (χ1) is 20.5. The number of furan rings is 1. The summed E-state index contributed by atoms with van der Waals surface area (Å²) in [6, 6.07) is 13.1. The van der Waals surface area contributed by atoms with Crippen molar-refractivity contribution >= 4 is 61.5 Å². The number of aromatic nitrogens is 2. The van der Waals surface area contributed by atoms with Crippen LogP contribution in [0, 0.1) is 5.82 Å². The molecule has 0 atom stereocenters. The molecular weight excluding hydrogens is 577 g/mol. The molecule has 0 saturated heterocycles. The lowest BCUT2D eigenvalue weighted by Crippen LogP contribution is -2.25. The number of nitrogens with zero attached hydrogens (tertiary/aromatic N) is 5. The van der Waals surface area contributed by atoms with Crippen LogP contribution in [0.25, 0.3) is 44.5 Å². The number of amidine groups is 1. The minimum atomic E-state index is -3.74. The first kappa shape index (κ1) is 27.9. The van der Waals surface area contributed by atoms with Gasteiger partial charge in [0.05, 0.1) is 34.7 Å². The second-order valence-electron chi connectivity index (χ2n) is 9.92. The molecule has 6 rings (SSSR count). The number of benzene rings is 2. The topological polar surface area (TPSA) is 157 Å². The van der Waals surface area contributed by atoms with Crippen molar-refractivity contribution in [2.24, 2.45) is 15.7 Å². The second kappa shape index (κ2) is 10.2. The van der Waals surface area contributed by atoms with E-state index >= 15 is 0 Å². The summed E-state index contributed by atoms with van der Waals surface area (Å²) in [6.07, 6.45) is 2.24. The van der Waals surface area contributed by atoms with Gasteiger partial charge in [-0.05, 0) is 43.3 Å². The summed E-state index contributed by atoms with van der Waals surface area (Å²) in [4.78, 5) is 26.0. The molecule has 0 unspecified atom stereocenters. The van der Waals surface area contributed by atoms with Crippen LogP contribution < -0.4 is 20.1 Å². The summed E-state index contributed by atoms with van der Waals surface area (Å²) >= 11 is 0. The van der Waals surface area contributed by atoms with Gasteiger partial charge in [0.2, 0.25) is 15.9 Å². The zero-order valence-electron chi connectivity index (χ0n) is 23.5. The molecule has 2 aromatic carbocycles. The third-order valence-electron chi connectivity index (χ3n) is 7.13. The van der Waals surface area contributed by atoms with E-state index in [1.54, 1.807) is 43.3 Å². The van der Waals surface area contributed by atoms with Gasteiger partial charge in [-0.25, -0.2) is 27.8 Å². The van der Waals surface area contributed by atoms with Gasteiger partial charge in [0.1, 0.15) is 34.7 Å². The fraction of sp³-hybridized carbons (Fsp3) is 0.172. The summed E-state index contributed by atoms with van der Waals surface area (Å²) in [5.41, 5.74) is 8.68. The minimum Gasteiger partial charge on any atom is -0.470 e. The summed E-state index contributed by atoms with van der Waals surface area (Å²) in [5, 5.41) is 3.38. The van der Waals surface area contributed by atoms with Gasteiger partial charge in [0.15, 0.2) is 6.73 Å². The predicted molar refractivity (Wildman–Crippen MR) is 163 cm³/mol. The predicted octanol–water partition coefficient (Wildman–Crippen LogP) is 4.40. The van der Waals surface area contributed by atoms with E-state index in [0.29, 0.717) is 44.7 Å². The van der Waals surface area contributed by atoms with E-state index in [4.69, 9.17) is 19.9 Å². The molecule has 0 spiro atoms. The van der Waals surface area contributed by atoms with Crippen LogP contribution in [0.2, 0.25) is 0 Å². The highest BCUT2D eigenvalue weighted by Gasteiger charge is 2.27. The Balaban J connectivity index is 1.61. The number of hydrogen-bond acceptors (Lipinski definition) is 7. The van der Waals surface area contributed by atoms with Crippen LogP contribution in [-0.4, -0.2) is 56.4 Å². The molecule has 1 amide bonds. The molecule has 3 aromatic heterocycles. The first-order valence-electron chi connectivity index (χ1n) is 13.0. The van der Waals surface area contributed by atoms with E-state index < -0.39 is 15.9 Å². The van der Waals surface area contributed by atoms with Crippen molar-refractivity contribution in [2.45, 2.75) is 13.7 Å². The molecule has 43 heavy (non-hydrogen) atoms. The number of amides is 1. The largest absolute Gasteiger partial charge is 0.470 e. The van der Waals surface area contributed by atoms with Gasteiger partial charge < -0.3 is 24.8 Å². The van der Waals surface area contributed by atoms with Gasteiger partial charge in [-0.2, -0.15) is 0 Å². The van der Waals surface area contributed by atoms with E-state index in [1.807, 2.05) is 4.57 Å². The van der Waals surface area contributed by atoms with E-state index in [2.05, 4.69) is 15.3 Å². The molecule has 1 aliphatic rings. The Hall–Kier alpha value is -5.24. The average Bonchev–Trinajstić information content (AvgIpc) is 3.53. The summed E-state index contributed by atoms with van der Waals surface area (Å²) in [5.74, 6) is -0.145. The third-order valence-corrected chi connectivity index (χ3v) is 8.33. The van der Waals surface area contributed by atoms with E-state index in [0.717, 1.165) is 16.9 Å². The molecule has 4 heterocycles. The molecular formula is C29H26FN7O5S. The summed E-state index contributed by atoms with van der Waals surface area (Å²) in [7, 11) is -0.864. The highest BCUT2D eigenvalue weighted by Crippen LogP contribution is 2.43. The van der Waals surface area contributed by atoms with Crippen molar-refractivity contribution in [1.29, 1.82) is 0 Å². The number of carbonyl (C=O) groups excluding carboxylic acids is 1. The molecule has 0 fully saturated rings. The Morgan fingerprint density at radius 2 is 2.00 bits per heavy atom. The molecule has 12 nitrogen and oxygen atoms in total. The lowest BCUT2D eigenvalue weighted by Gasteiger charge is -2.23. The Morgan fingerprint density at radius 1 is 1.21 bits per heavy atom. The molecule has 0 bridgehead atoms. The van der Waals surface area contributed by atoms with Crippen LogP contribution >= 0.6 is 0 Å². The minimum absolute atomic E-state index is 0.0391. The molecule has 0 saturated carbocycles. The average molecular weight is 604 g/mol. The number of pyridine rings is 1. The molecule has 1 aliphatic heterocycles. The number of nitrogens with one attached hydrogen (secondary N) is 1. The highest BCUT2D eigenvalue weighted by molar-refractivity contribution is 7.92. The number of anilines is 1. The number of carbonyl (C=O) groups is 1. The SMILES string of the molecule is CNC(=O)c1c(/N=C/N=C(C)N)oc2cc(N(C)S(C)(=O)=O)c(-c3ccc4c(n3)-c3cc5c(F)cccc5n3CO4)cc12. The number of fused-ring (bicyclic) bond motifs is 6. The van der Waals surface area contributed by atoms with Crippen molar-refractivity contribution in [3.05, 3.63) is 59.9 Å². The maximum absolute atomic E-state index is 14.6. The van der Waals surface area contributed by atoms with Crippen LogP contribution in [0.4, 0.5) is 16.0 Å². The van der Waals surface area contributed by atoms with Crippen molar-refractivity contribution in [3.8, 4) is 28.4 Å². The normalized spacial score (nSPS) is 13.3. The molecule has 0 radical (unpaired) electrons. The van der Waals surface area contributed by atoms with Crippen LogP contribution in [0.5, 0.6) is 5.75 Å². The van der Waals surface area contributed by atoms with Crippen molar-refractivity contribution < 1.29 is 26.8 Å². The van der Waals surface area contributed by atoms with Gasteiger partial charge in [-0.1, -0.05) is 6.07 Å². The summed E-state index contributed by atoms with van der Waals surface area (Å²) in [6.45, 7) is 1.75. The van der Waals surface area contributed by atoms with E-state index in [-0.39, 0.29) is 41.1 Å². The van der Waals surface area contributed by atoms with Crippen molar-refractivity contribution in [2.75, 3.05) is 24.7 Å². The van der Waals surface area contributed by atoms with Crippen molar-refractivity contribution in [3.63, 3.8) is 0 Å². The zero-order chi connectivity index (χ0) is 30.6. The van der Waals surface area contributed by atoms with Gasteiger partial charge in [-0.15, -0.1) is 0 Å². The molecule has 3 N–H and O–H groups in total. The maximum Gasteiger partial charge on any atom is 0.257 e. The highest BCUT2D eigenvalue weighted by atomic mass is 32.2. The van der Waals surface area contributed by atoms with Gasteiger partial charge in [0, 0.05) is 36.5 Å². The van der Waals surface area contributed by atoms with Gasteiger partial charge >= 0.3 is 0 Å². The zero-order valence-corrected chi connectivity index (χ0v) is 24.4. The van der Waals surface area contributed by atoms with Crippen LogP contribution in [0.15, 0.2) is 62.9 Å². The first-order valence-corrected chi connectivity index (χ1v) is 14.8. The fourth-order valence-corrected chi connectivity index (χ4v) is 5.49. The number of halogens is 1. The molecule has 5 aromatic rings. The van der Waals surface area contributed by atoms with E-state index in [1.165, 1.54) is 26.2 Å². The van der Waals surface area contributed by atoms with Gasteiger partial charge in [-0.3, -0.25) is 9.10 Å². The quantitative estimate of drug-likeness (QED) is 0.215. The van der Waals surface area contributed by atoms with Crippen LogP contribution in [-0.2, 0) is 16.8 Å². The number of sulfonamides is 1. The Kier molecular flexibility index (Phi) is 6.64. The maximum atomic E-state index is 14.6.